The molecule has 0 aliphatic rings. The predicted molar refractivity (Wildman–Crippen MR) is 73.7 cm³/mol. The molecule has 0 saturated carbocycles. The molecular formula is C14H18BrFO2. The highest BCUT2D eigenvalue weighted by molar-refractivity contribution is 9.10. The Morgan fingerprint density at radius 1 is 1.33 bits per heavy atom. The second-order valence-corrected chi connectivity index (χ2v) is 5.05. The van der Waals surface area contributed by atoms with Gasteiger partial charge in [-0.05, 0) is 28.4 Å². The zero-order valence-corrected chi connectivity index (χ0v) is 12.3. The Morgan fingerprint density at radius 3 is 2.67 bits per heavy atom. The summed E-state index contributed by atoms with van der Waals surface area (Å²) in [7, 11) is 1.44. The van der Waals surface area contributed by atoms with Crippen molar-refractivity contribution >= 4 is 21.7 Å². The van der Waals surface area contributed by atoms with Gasteiger partial charge in [-0.3, -0.25) is 4.79 Å². The molecule has 0 spiro atoms. The fraction of sp³-hybridized carbons (Fsp3) is 0.500. The number of hydrogen-bond acceptors (Lipinski definition) is 2. The van der Waals surface area contributed by atoms with Crippen LogP contribution >= 0.6 is 15.9 Å². The number of Topliss-reactive ketones (excluding diaryl/α,β-unsaturated/α-hetero) is 1. The van der Waals surface area contributed by atoms with Gasteiger partial charge in [0.25, 0.3) is 0 Å². The smallest absolute Gasteiger partial charge is 0.166 e. The maximum atomic E-state index is 13.3. The Bertz CT molecular complexity index is 419. The summed E-state index contributed by atoms with van der Waals surface area (Å²) in [6.07, 6.45) is 4.67. The molecule has 18 heavy (non-hydrogen) atoms. The van der Waals surface area contributed by atoms with Crippen molar-refractivity contribution in [3.8, 4) is 5.75 Å². The van der Waals surface area contributed by atoms with Crippen molar-refractivity contribution in [1.82, 2.24) is 0 Å². The highest BCUT2D eigenvalue weighted by Crippen LogP contribution is 2.27. The maximum Gasteiger partial charge on any atom is 0.166 e. The molecule has 0 unspecified atom stereocenters. The van der Waals surface area contributed by atoms with Crippen LogP contribution in [0.2, 0.25) is 0 Å². The topological polar surface area (TPSA) is 26.3 Å². The number of carbonyl (C=O) groups is 1. The van der Waals surface area contributed by atoms with Gasteiger partial charge in [-0.2, -0.15) is 0 Å². The summed E-state index contributed by atoms with van der Waals surface area (Å²) in [5, 5.41) is 0. The maximum absolute atomic E-state index is 13.3. The Morgan fingerprint density at radius 2 is 2.06 bits per heavy atom. The lowest BCUT2D eigenvalue weighted by Gasteiger charge is -2.09. The summed E-state index contributed by atoms with van der Waals surface area (Å²) in [5.74, 6) is -0.116. The largest absolute Gasteiger partial charge is 0.496 e. The predicted octanol–water partition coefficient (Wildman–Crippen LogP) is 4.75. The zero-order chi connectivity index (χ0) is 13.5. The average Bonchev–Trinajstić information content (AvgIpc) is 2.37. The fourth-order valence-electron chi connectivity index (χ4n) is 1.76. The van der Waals surface area contributed by atoms with Crippen molar-refractivity contribution in [2.45, 2.75) is 39.0 Å². The molecule has 0 saturated heterocycles. The van der Waals surface area contributed by atoms with E-state index in [1.54, 1.807) is 0 Å². The van der Waals surface area contributed by atoms with Gasteiger partial charge in [-0.1, -0.05) is 26.2 Å². The summed E-state index contributed by atoms with van der Waals surface area (Å²) < 4.78 is 18.7. The van der Waals surface area contributed by atoms with Gasteiger partial charge in [0.05, 0.1) is 17.1 Å². The normalized spacial score (nSPS) is 10.4. The lowest BCUT2D eigenvalue weighted by molar-refractivity contribution is 0.0976. The molecule has 2 nitrogen and oxygen atoms in total. The molecule has 0 heterocycles. The first-order chi connectivity index (χ1) is 8.60. The number of ether oxygens (including phenoxy) is 1. The summed E-state index contributed by atoms with van der Waals surface area (Å²) >= 11 is 3.09. The quantitative estimate of drug-likeness (QED) is 0.536. The van der Waals surface area contributed by atoms with E-state index in [0.717, 1.165) is 25.7 Å². The van der Waals surface area contributed by atoms with Gasteiger partial charge < -0.3 is 4.74 Å². The molecule has 1 rings (SSSR count). The number of hydrogen-bond donors (Lipinski definition) is 0. The highest BCUT2D eigenvalue weighted by atomic mass is 79.9. The summed E-state index contributed by atoms with van der Waals surface area (Å²) in [5.41, 5.74) is 0.447. The minimum atomic E-state index is -0.422. The molecule has 0 aliphatic heterocycles. The van der Waals surface area contributed by atoms with Crippen LogP contribution in [-0.4, -0.2) is 12.9 Å². The van der Waals surface area contributed by atoms with E-state index in [-0.39, 0.29) is 5.78 Å². The first kappa shape index (κ1) is 15.2. The molecule has 1 aromatic carbocycles. The number of methoxy groups -OCH3 is 1. The molecule has 100 valence electrons. The van der Waals surface area contributed by atoms with Gasteiger partial charge >= 0.3 is 0 Å². The van der Waals surface area contributed by atoms with Crippen molar-refractivity contribution in [2.75, 3.05) is 7.11 Å². The summed E-state index contributed by atoms with van der Waals surface area (Å²) in [6, 6.07) is 2.74. The first-order valence-electron chi connectivity index (χ1n) is 6.16. The van der Waals surface area contributed by atoms with Crippen LogP contribution in [0.5, 0.6) is 5.75 Å². The van der Waals surface area contributed by atoms with Crippen molar-refractivity contribution in [1.29, 1.82) is 0 Å². The van der Waals surface area contributed by atoms with E-state index in [4.69, 9.17) is 4.74 Å². The van der Waals surface area contributed by atoms with Crippen LogP contribution in [0.25, 0.3) is 0 Å². The Balaban J connectivity index is 2.75. The number of halogens is 2. The number of benzene rings is 1. The number of ketones is 1. The van der Waals surface area contributed by atoms with Gasteiger partial charge in [0.1, 0.15) is 11.6 Å². The number of rotatable bonds is 7. The molecule has 0 atom stereocenters. The first-order valence-corrected chi connectivity index (χ1v) is 6.95. The molecular weight excluding hydrogens is 299 g/mol. The van der Waals surface area contributed by atoms with E-state index in [2.05, 4.69) is 22.9 Å². The lowest BCUT2D eigenvalue weighted by Crippen LogP contribution is -2.03. The van der Waals surface area contributed by atoms with Crippen molar-refractivity contribution in [3.63, 3.8) is 0 Å². The zero-order valence-electron chi connectivity index (χ0n) is 10.8. The van der Waals surface area contributed by atoms with E-state index in [0.29, 0.717) is 22.2 Å². The lowest BCUT2D eigenvalue weighted by atomic mass is 10.0. The molecule has 0 N–H and O–H groups in total. The Labute approximate surface area is 116 Å². The van der Waals surface area contributed by atoms with Crippen LogP contribution in [0.4, 0.5) is 4.39 Å². The molecule has 1 aromatic rings. The SMILES string of the molecule is CCCCCCC(=O)c1cc(Br)c(F)cc1OC. The molecule has 0 bridgehead atoms. The molecule has 0 aliphatic carbocycles. The van der Waals surface area contributed by atoms with Gasteiger partial charge in [0, 0.05) is 12.5 Å². The third kappa shape index (κ3) is 4.09. The van der Waals surface area contributed by atoms with Crippen LogP contribution in [0.1, 0.15) is 49.4 Å². The van der Waals surface area contributed by atoms with Gasteiger partial charge in [-0.25, -0.2) is 4.39 Å². The molecule has 0 radical (unpaired) electrons. The summed E-state index contributed by atoms with van der Waals surface area (Å²) in [4.78, 5) is 12.0. The van der Waals surface area contributed by atoms with Gasteiger partial charge in [-0.15, -0.1) is 0 Å². The Kier molecular flexibility index (Phi) is 6.33. The minimum absolute atomic E-state index is 0.00338. The third-order valence-electron chi connectivity index (χ3n) is 2.80. The van der Waals surface area contributed by atoms with Gasteiger partial charge in [0.15, 0.2) is 5.78 Å². The Hall–Kier alpha value is -0.900. The van der Waals surface area contributed by atoms with Crippen LogP contribution in [0.15, 0.2) is 16.6 Å². The van der Waals surface area contributed by atoms with E-state index in [1.807, 2.05) is 0 Å². The van der Waals surface area contributed by atoms with Crippen LogP contribution in [-0.2, 0) is 0 Å². The van der Waals surface area contributed by atoms with Gasteiger partial charge in [0.2, 0.25) is 0 Å². The average molecular weight is 317 g/mol. The van der Waals surface area contributed by atoms with Crippen molar-refractivity contribution in [2.24, 2.45) is 0 Å². The fourth-order valence-corrected chi connectivity index (χ4v) is 2.11. The third-order valence-corrected chi connectivity index (χ3v) is 3.41. The molecule has 0 aromatic heterocycles. The molecule has 0 amide bonds. The van der Waals surface area contributed by atoms with E-state index in [1.165, 1.54) is 19.2 Å². The van der Waals surface area contributed by atoms with E-state index in [9.17, 15) is 9.18 Å². The second-order valence-electron chi connectivity index (χ2n) is 4.20. The minimum Gasteiger partial charge on any atom is -0.496 e. The second kappa shape index (κ2) is 7.52. The van der Waals surface area contributed by atoms with Crippen LogP contribution in [0.3, 0.4) is 0 Å². The monoisotopic (exact) mass is 316 g/mol. The molecule has 0 fully saturated rings. The summed E-state index contributed by atoms with van der Waals surface area (Å²) in [6.45, 7) is 2.13. The standard InChI is InChI=1S/C14H18BrFO2/c1-3-4-5-6-7-13(17)10-8-11(15)12(16)9-14(10)18-2/h8-9H,3-7H2,1-2H3. The van der Waals surface area contributed by atoms with Crippen LogP contribution < -0.4 is 4.74 Å². The number of unbranched alkanes of at least 4 members (excludes halogenated alkanes) is 3. The van der Waals surface area contributed by atoms with Crippen LogP contribution in [0, 0.1) is 5.82 Å². The highest BCUT2D eigenvalue weighted by Gasteiger charge is 2.15. The van der Waals surface area contributed by atoms with Crippen molar-refractivity contribution < 1.29 is 13.9 Å². The van der Waals surface area contributed by atoms with E-state index < -0.39 is 5.82 Å². The van der Waals surface area contributed by atoms with E-state index >= 15 is 0 Å². The number of carbonyl (C=O) groups excluding carboxylic acids is 1. The van der Waals surface area contributed by atoms with Crippen molar-refractivity contribution in [3.05, 3.63) is 28.0 Å². The molecule has 4 heteroatoms.